The third-order valence-corrected chi connectivity index (χ3v) is 4.76. The monoisotopic (exact) mass is 416 g/mol. The average Bonchev–Trinajstić information content (AvgIpc) is 3.34. The highest BCUT2D eigenvalue weighted by atomic mass is 32.2. The van der Waals surface area contributed by atoms with Gasteiger partial charge in [-0.05, 0) is 36.4 Å². The second-order valence-corrected chi connectivity index (χ2v) is 6.69. The lowest BCUT2D eigenvalue weighted by atomic mass is 10.2. The van der Waals surface area contributed by atoms with E-state index in [2.05, 4.69) is 25.1 Å². The van der Waals surface area contributed by atoms with Crippen molar-refractivity contribution in [2.75, 3.05) is 5.84 Å². The molecule has 0 atom stereocenters. The summed E-state index contributed by atoms with van der Waals surface area (Å²) in [7, 11) is 0. The van der Waals surface area contributed by atoms with Gasteiger partial charge in [-0.25, -0.2) is 4.68 Å². The molecular weight excluding hydrogens is 402 g/mol. The molecule has 4 rings (SSSR count). The van der Waals surface area contributed by atoms with Gasteiger partial charge in [-0.15, -0.1) is 10.2 Å². The standard InChI is InChI=1S/C18H14F2N6O2S/c19-17(20)27-13-8-6-11(7-9-13)15-23-24-18(26(15)21)29-10-14-22-16(28-25-14)12-4-2-1-3-5-12/h1-9,17H,10,21H2. The summed E-state index contributed by atoms with van der Waals surface area (Å²) in [5.41, 5.74) is 1.44. The van der Waals surface area contributed by atoms with Crippen LogP contribution < -0.4 is 10.6 Å². The Morgan fingerprint density at radius 2 is 1.79 bits per heavy atom. The first kappa shape index (κ1) is 18.9. The molecule has 0 aliphatic rings. The van der Waals surface area contributed by atoms with Crippen LogP contribution in [-0.2, 0) is 5.75 Å². The average molecular weight is 416 g/mol. The van der Waals surface area contributed by atoms with Crippen LogP contribution in [0.1, 0.15) is 5.82 Å². The first-order valence-electron chi connectivity index (χ1n) is 8.36. The zero-order valence-electron chi connectivity index (χ0n) is 14.8. The van der Waals surface area contributed by atoms with Crippen LogP contribution in [-0.4, -0.2) is 31.6 Å². The van der Waals surface area contributed by atoms with Gasteiger partial charge in [-0.2, -0.15) is 13.8 Å². The first-order chi connectivity index (χ1) is 14.1. The minimum atomic E-state index is -2.88. The summed E-state index contributed by atoms with van der Waals surface area (Å²) in [6.07, 6.45) is 0. The summed E-state index contributed by atoms with van der Waals surface area (Å²) in [4.78, 5) is 4.35. The fourth-order valence-corrected chi connectivity index (χ4v) is 3.20. The van der Waals surface area contributed by atoms with Crippen molar-refractivity contribution in [2.24, 2.45) is 0 Å². The molecule has 0 saturated heterocycles. The summed E-state index contributed by atoms with van der Waals surface area (Å²) in [5.74, 6) is 7.81. The lowest BCUT2D eigenvalue weighted by molar-refractivity contribution is -0.0498. The number of aromatic nitrogens is 5. The zero-order chi connectivity index (χ0) is 20.2. The van der Waals surface area contributed by atoms with Crippen molar-refractivity contribution >= 4 is 11.8 Å². The summed E-state index contributed by atoms with van der Waals surface area (Å²) < 4.78 is 35.4. The molecule has 11 heteroatoms. The molecule has 0 aliphatic carbocycles. The minimum Gasteiger partial charge on any atom is -0.435 e. The molecule has 2 heterocycles. The third-order valence-electron chi connectivity index (χ3n) is 3.82. The molecule has 0 amide bonds. The number of rotatable bonds is 7. The highest BCUT2D eigenvalue weighted by molar-refractivity contribution is 7.98. The lowest BCUT2D eigenvalue weighted by Crippen LogP contribution is -2.11. The van der Waals surface area contributed by atoms with Crippen LogP contribution in [0.25, 0.3) is 22.8 Å². The van der Waals surface area contributed by atoms with Crippen molar-refractivity contribution in [2.45, 2.75) is 17.5 Å². The second-order valence-electron chi connectivity index (χ2n) is 5.75. The van der Waals surface area contributed by atoms with Gasteiger partial charge in [0.15, 0.2) is 11.6 Å². The SMILES string of the molecule is Nn1c(SCc2noc(-c3ccccc3)n2)nnc1-c1ccc(OC(F)F)cc1. The molecule has 148 valence electrons. The summed E-state index contributed by atoms with van der Waals surface area (Å²) in [6.45, 7) is -2.88. The molecule has 0 fully saturated rings. The maximum Gasteiger partial charge on any atom is 0.387 e. The number of hydrogen-bond donors (Lipinski definition) is 1. The predicted octanol–water partition coefficient (Wildman–Crippen LogP) is 3.60. The van der Waals surface area contributed by atoms with E-state index in [-0.39, 0.29) is 5.75 Å². The largest absolute Gasteiger partial charge is 0.435 e. The number of nitrogen functional groups attached to an aromatic ring is 1. The predicted molar refractivity (Wildman–Crippen MR) is 102 cm³/mol. The van der Waals surface area contributed by atoms with Crippen molar-refractivity contribution in [1.82, 2.24) is 25.0 Å². The highest BCUT2D eigenvalue weighted by Gasteiger charge is 2.15. The van der Waals surface area contributed by atoms with E-state index in [0.717, 1.165) is 5.56 Å². The normalized spacial score (nSPS) is 11.1. The van der Waals surface area contributed by atoms with E-state index in [0.29, 0.717) is 34.0 Å². The molecule has 29 heavy (non-hydrogen) atoms. The van der Waals surface area contributed by atoms with Crippen molar-refractivity contribution in [3.8, 4) is 28.6 Å². The van der Waals surface area contributed by atoms with Gasteiger partial charge in [0.2, 0.25) is 5.16 Å². The Morgan fingerprint density at radius 1 is 1.03 bits per heavy atom. The van der Waals surface area contributed by atoms with Gasteiger partial charge < -0.3 is 15.1 Å². The lowest BCUT2D eigenvalue weighted by Gasteiger charge is -2.06. The maximum atomic E-state index is 12.2. The molecule has 2 N–H and O–H groups in total. The zero-order valence-corrected chi connectivity index (χ0v) is 15.6. The fourth-order valence-electron chi connectivity index (χ4n) is 2.50. The molecule has 0 aliphatic heterocycles. The van der Waals surface area contributed by atoms with Crippen LogP contribution in [0.15, 0.2) is 64.3 Å². The number of hydrogen-bond acceptors (Lipinski definition) is 8. The minimum absolute atomic E-state index is 0.0489. The van der Waals surface area contributed by atoms with E-state index in [1.54, 1.807) is 12.1 Å². The second kappa shape index (κ2) is 8.27. The van der Waals surface area contributed by atoms with Crippen LogP contribution in [0, 0.1) is 0 Å². The summed E-state index contributed by atoms with van der Waals surface area (Å²) >= 11 is 1.29. The van der Waals surface area contributed by atoms with Gasteiger partial charge >= 0.3 is 6.61 Å². The van der Waals surface area contributed by atoms with Gasteiger partial charge in [0.25, 0.3) is 5.89 Å². The molecule has 0 saturated carbocycles. The Morgan fingerprint density at radius 3 is 2.52 bits per heavy atom. The van der Waals surface area contributed by atoms with E-state index in [1.807, 2.05) is 30.3 Å². The smallest absolute Gasteiger partial charge is 0.387 e. The number of alkyl halides is 2. The summed E-state index contributed by atoms with van der Waals surface area (Å²) in [5, 5.41) is 12.5. The maximum absolute atomic E-state index is 12.2. The Balaban J connectivity index is 1.43. The molecule has 0 spiro atoms. The summed E-state index contributed by atoms with van der Waals surface area (Å²) in [6, 6.07) is 15.4. The quantitative estimate of drug-likeness (QED) is 0.360. The van der Waals surface area contributed by atoms with E-state index in [1.165, 1.54) is 28.6 Å². The van der Waals surface area contributed by atoms with Crippen LogP contribution in [0.3, 0.4) is 0 Å². The van der Waals surface area contributed by atoms with Crippen LogP contribution in [0.5, 0.6) is 5.75 Å². The molecule has 8 nitrogen and oxygen atoms in total. The van der Waals surface area contributed by atoms with Crippen molar-refractivity contribution in [3.63, 3.8) is 0 Å². The Labute approximate surface area is 167 Å². The molecule has 0 bridgehead atoms. The Bertz CT molecular complexity index is 1090. The molecule has 0 radical (unpaired) electrons. The third kappa shape index (κ3) is 4.35. The number of benzene rings is 2. The van der Waals surface area contributed by atoms with Crippen LogP contribution >= 0.6 is 11.8 Å². The van der Waals surface area contributed by atoms with Crippen molar-refractivity contribution < 1.29 is 18.0 Å². The van der Waals surface area contributed by atoms with Gasteiger partial charge in [-0.3, -0.25) is 0 Å². The first-order valence-corrected chi connectivity index (χ1v) is 9.35. The van der Waals surface area contributed by atoms with Crippen molar-refractivity contribution in [1.29, 1.82) is 0 Å². The molecule has 4 aromatic rings. The van der Waals surface area contributed by atoms with Crippen LogP contribution in [0.4, 0.5) is 8.78 Å². The van der Waals surface area contributed by atoms with Gasteiger partial charge in [0.1, 0.15) is 5.75 Å². The van der Waals surface area contributed by atoms with E-state index >= 15 is 0 Å². The Kier molecular flexibility index (Phi) is 5.38. The van der Waals surface area contributed by atoms with E-state index < -0.39 is 6.61 Å². The molecule has 2 aromatic heterocycles. The van der Waals surface area contributed by atoms with Gasteiger partial charge in [0, 0.05) is 11.1 Å². The number of ether oxygens (including phenoxy) is 1. The topological polar surface area (TPSA) is 105 Å². The van der Waals surface area contributed by atoms with Crippen LogP contribution in [0.2, 0.25) is 0 Å². The number of nitrogens with two attached hydrogens (primary N) is 1. The van der Waals surface area contributed by atoms with E-state index in [4.69, 9.17) is 10.4 Å². The van der Waals surface area contributed by atoms with E-state index in [9.17, 15) is 8.78 Å². The molecular formula is C18H14F2N6O2S. The highest BCUT2D eigenvalue weighted by Crippen LogP contribution is 2.26. The fraction of sp³-hybridized carbons (Fsp3) is 0.111. The van der Waals surface area contributed by atoms with Gasteiger partial charge in [0.05, 0.1) is 5.75 Å². The number of halogens is 2. The van der Waals surface area contributed by atoms with Gasteiger partial charge in [-0.1, -0.05) is 35.1 Å². The molecule has 0 unspecified atom stereocenters. The Hall–Kier alpha value is -3.47. The molecule has 2 aromatic carbocycles. The van der Waals surface area contributed by atoms with Crippen molar-refractivity contribution in [3.05, 3.63) is 60.4 Å². The number of thioether (sulfide) groups is 1. The number of nitrogens with zero attached hydrogens (tertiary/aromatic N) is 5.